The number of aromatic nitrogens is 1. The zero-order valence-corrected chi connectivity index (χ0v) is 41.8. The van der Waals surface area contributed by atoms with Crippen molar-refractivity contribution in [2.75, 3.05) is 5.32 Å². The third kappa shape index (κ3) is 5.54. The van der Waals surface area contributed by atoms with E-state index in [2.05, 4.69) is 240 Å². The Bertz CT molecular complexity index is 3710. The molecule has 0 saturated carbocycles. The van der Waals surface area contributed by atoms with Crippen molar-refractivity contribution >= 4 is 51.4 Å². The van der Waals surface area contributed by atoms with E-state index in [4.69, 9.17) is 0 Å². The standard InChI is InChI=1S/C65H60BN2/c1-61(2,3)36-21-24-38(25-22-36)67-56-32-45-41-26-23-37(62(4,5)6)29-51(41)65(11,12)52(45)31-47(56)42-27-28-43-48-30-44-39-17-13-15-19-49(39)64(9,10)54(44)35-57(48)68-58-33-46-40-18-14-16-20-50(40)63(7,8)53(46)34-55(58)66-59(42)60(43)68/h13-35,67H,1-12H3. The molecular formula is C65H60BN2. The Hall–Kier alpha value is -6.58. The van der Waals surface area contributed by atoms with Gasteiger partial charge >= 0.3 is 0 Å². The Kier molecular flexibility index (Phi) is 8.17. The summed E-state index contributed by atoms with van der Waals surface area (Å²) < 4.78 is 2.64. The Morgan fingerprint density at radius 3 is 1.62 bits per heavy atom. The molecule has 0 bridgehead atoms. The van der Waals surface area contributed by atoms with Gasteiger partial charge in [-0.2, -0.15) is 0 Å². The van der Waals surface area contributed by atoms with Gasteiger partial charge in [-0.25, -0.2) is 0 Å². The maximum absolute atomic E-state index is 4.03. The molecule has 68 heavy (non-hydrogen) atoms. The Morgan fingerprint density at radius 2 is 0.956 bits per heavy atom. The number of anilines is 2. The first-order chi connectivity index (χ1) is 32.2. The smallest absolute Gasteiger partial charge is 0.197 e. The highest BCUT2D eigenvalue weighted by atomic mass is 15.0. The van der Waals surface area contributed by atoms with Crippen LogP contribution in [0, 0.1) is 0 Å². The van der Waals surface area contributed by atoms with E-state index < -0.39 is 0 Å². The summed E-state index contributed by atoms with van der Waals surface area (Å²) in [4.78, 5) is 0. The van der Waals surface area contributed by atoms with Crippen molar-refractivity contribution < 1.29 is 0 Å². The Balaban J connectivity index is 1.10. The van der Waals surface area contributed by atoms with Crippen LogP contribution >= 0.6 is 0 Å². The molecular weight excluding hydrogens is 820 g/mol. The van der Waals surface area contributed by atoms with E-state index in [1.807, 2.05) is 0 Å². The SMILES string of the molecule is CC(C)(C)c1ccc(Nc2cc3c(cc2-c2ccc4c5cc6c(cc5n5c4c2[B]c2cc4c(cc2-5)-c2ccccc2C4(C)C)C(C)(C)c2ccccc2-6)C(C)(C)c2cc(C(C)(C)C)ccc2-3)cc1. The summed E-state index contributed by atoms with van der Waals surface area (Å²) in [5.41, 5.74) is 29.9. The van der Waals surface area contributed by atoms with Crippen LogP contribution in [0.5, 0.6) is 0 Å². The second kappa shape index (κ2) is 13.4. The summed E-state index contributed by atoms with van der Waals surface area (Å²) in [6.07, 6.45) is 0. The van der Waals surface area contributed by atoms with Gasteiger partial charge in [-0.15, -0.1) is 0 Å². The molecule has 1 aromatic heterocycles. The molecule has 4 aliphatic rings. The van der Waals surface area contributed by atoms with E-state index in [0.717, 1.165) is 11.4 Å². The molecule has 9 aromatic rings. The fourth-order valence-corrected chi connectivity index (χ4v) is 13.0. The monoisotopic (exact) mass is 879 g/mol. The van der Waals surface area contributed by atoms with Crippen LogP contribution in [0.1, 0.15) is 128 Å². The van der Waals surface area contributed by atoms with Gasteiger partial charge in [0.15, 0.2) is 7.28 Å². The molecule has 0 spiro atoms. The molecule has 8 aromatic carbocycles. The van der Waals surface area contributed by atoms with E-state index in [1.54, 1.807) is 0 Å². The maximum Gasteiger partial charge on any atom is 0.197 e. The summed E-state index contributed by atoms with van der Waals surface area (Å²) in [6, 6.07) is 54.4. The summed E-state index contributed by atoms with van der Waals surface area (Å²) in [5.74, 6) is 0. The van der Waals surface area contributed by atoms with Gasteiger partial charge in [0, 0.05) is 55.2 Å². The minimum Gasteiger partial charge on any atom is -0.355 e. The van der Waals surface area contributed by atoms with Gasteiger partial charge in [0.2, 0.25) is 0 Å². The topological polar surface area (TPSA) is 17.0 Å². The lowest BCUT2D eigenvalue weighted by Gasteiger charge is -2.28. The van der Waals surface area contributed by atoms with Crippen molar-refractivity contribution in [3.05, 3.63) is 184 Å². The predicted molar refractivity (Wildman–Crippen MR) is 291 cm³/mol. The van der Waals surface area contributed by atoms with Crippen molar-refractivity contribution in [3.63, 3.8) is 0 Å². The predicted octanol–water partition coefficient (Wildman–Crippen LogP) is 15.7. The summed E-state index contributed by atoms with van der Waals surface area (Å²) in [7, 11) is 2.53. The minimum absolute atomic E-state index is 0.0526. The van der Waals surface area contributed by atoms with Crippen LogP contribution in [0.15, 0.2) is 140 Å². The van der Waals surface area contributed by atoms with Crippen LogP contribution in [0.4, 0.5) is 11.4 Å². The fourth-order valence-electron chi connectivity index (χ4n) is 13.0. The molecule has 3 aliphatic carbocycles. The molecule has 3 heteroatoms. The third-order valence-electron chi connectivity index (χ3n) is 16.9. The fraction of sp³-hybridized carbons (Fsp3) is 0.262. The number of nitrogens with one attached hydrogen (secondary N) is 1. The Labute approximate surface area is 403 Å². The lowest BCUT2D eigenvalue weighted by atomic mass is 9.58. The van der Waals surface area contributed by atoms with Crippen molar-refractivity contribution in [1.82, 2.24) is 4.57 Å². The molecule has 1 N–H and O–H groups in total. The molecule has 0 unspecified atom stereocenters. The van der Waals surface area contributed by atoms with Gasteiger partial charge in [-0.3, -0.25) is 0 Å². The lowest BCUT2D eigenvalue weighted by Crippen LogP contribution is -2.38. The third-order valence-corrected chi connectivity index (χ3v) is 16.9. The van der Waals surface area contributed by atoms with E-state index in [0.29, 0.717) is 0 Å². The number of rotatable bonds is 3. The van der Waals surface area contributed by atoms with Crippen molar-refractivity contribution in [1.29, 1.82) is 0 Å². The number of nitrogens with zero attached hydrogens (tertiary/aromatic N) is 1. The lowest BCUT2D eigenvalue weighted by molar-refractivity contribution is 0.584. The van der Waals surface area contributed by atoms with Gasteiger partial charge < -0.3 is 9.88 Å². The van der Waals surface area contributed by atoms with Crippen LogP contribution in [-0.4, -0.2) is 11.8 Å². The molecule has 0 saturated heterocycles. The number of hydrogen-bond acceptors (Lipinski definition) is 1. The molecule has 13 rings (SSSR count). The normalized spacial score (nSPS) is 16.1. The second-order valence-corrected chi connectivity index (χ2v) is 24.1. The summed E-state index contributed by atoms with van der Waals surface area (Å²) in [5, 5.41) is 6.63. The van der Waals surface area contributed by atoms with Crippen molar-refractivity contribution in [2.24, 2.45) is 0 Å². The van der Waals surface area contributed by atoms with Gasteiger partial charge in [0.05, 0.1) is 5.52 Å². The second-order valence-electron chi connectivity index (χ2n) is 24.1. The average Bonchev–Trinajstić information content (AvgIpc) is 3.91. The van der Waals surface area contributed by atoms with E-state index in [1.165, 1.54) is 127 Å². The summed E-state index contributed by atoms with van der Waals surface area (Å²) in [6.45, 7) is 28.3. The van der Waals surface area contributed by atoms with Gasteiger partial charge in [0.25, 0.3) is 0 Å². The van der Waals surface area contributed by atoms with Gasteiger partial charge in [0.1, 0.15) is 0 Å². The number of hydrogen-bond donors (Lipinski definition) is 1. The largest absolute Gasteiger partial charge is 0.355 e. The van der Waals surface area contributed by atoms with Crippen LogP contribution in [0.3, 0.4) is 0 Å². The van der Waals surface area contributed by atoms with E-state index in [-0.39, 0.29) is 27.1 Å². The zero-order chi connectivity index (χ0) is 47.2. The molecule has 0 amide bonds. The minimum atomic E-state index is -0.190. The molecule has 0 atom stereocenters. The van der Waals surface area contributed by atoms with Crippen molar-refractivity contribution in [2.45, 2.75) is 110 Å². The van der Waals surface area contributed by atoms with E-state index >= 15 is 0 Å². The maximum atomic E-state index is 4.03. The van der Waals surface area contributed by atoms with Crippen LogP contribution in [0.2, 0.25) is 0 Å². The van der Waals surface area contributed by atoms with E-state index in [9.17, 15) is 0 Å². The quantitative estimate of drug-likeness (QED) is 0.175. The van der Waals surface area contributed by atoms with Crippen molar-refractivity contribution in [3.8, 4) is 50.2 Å². The van der Waals surface area contributed by atoms with Gasteiger partial charge in [-0.1, -0.05) is 186 Å². The van der Waals surface area contributed by atoms with Crippen LogP contribution < -0.4 is 16.2 Å². The highest BCUT2D eigenvalue weighted by Gasteiger charge is 2.41. The molecule has 333 valence electrons. The first kappa shape index (κ1) is 41.6. The van der Waals surface area contributed by atoms with Crippen LogP contribution in [-0.2, 0) is 27.1 Å². The molecule has 2 nitrogen and oxygen atoms in total. The van der Waals surface area contributed by atoms with Crippen LogP contribution in [0.25, 0.3) is 72.0 Å². The highest BCUT2D eigenvalue weighted by molar-refractivity contribution is 6.73. The van der Waals surface area contributed by atoms with Gasteiger partial charge in [-0.05, 0) is 142 Å². The average molecular weight is 880 g/mol. The Morgan fingerprint density at radius 1 is 0.426 bits per heavy atom. The molecule has 2 heterocycles. The molecule has 1 aliphatic heterocycles. The molecule has 0 fully saturated rings. The molecule has 1 radical (unpaired) electrons. The number of fused-ring (bicyclic) bond motifs is 14. The first-order valence-electron chi connectivity index (χ1n) is 24.8. The first-order valence-corrected chi connectivity index (χ1v) is 24.8. The zero-order valence-electron chi connectivity index (χ0n) is 41.8. The summed E-state index contributed by atoms with van der Waals surface area (Å²) >= 11 is 0. The number of benzene rings is 8. The highest BCUT2D eigenvalue weighted by Crippen LogP contribution is 2.55.